The highest BCUT2D eigenvalue weighted by Gasteiger charge is 2.47. The fraction of sp³-hybridized carbons (Fsp3) is 0.367. The lowest BCUT2D eigenvalue weighted by Crippen LogP contribution is -2.59. The Morgan fingerprint density at radius 2 is 1.88 bits per heavy atom. The van der Waals surface area contributed by atoms with Crippen LogP contribution in [0.25, 0.3) is 11.1 Å². The van der Waals surface area contributed by atoms with Crippen LogP contribution >= 0.6 is 0 Å². The molecule has 9 nitrogen and oxygen atoms in total. The minimum atomic E-state index is -1.09. The Bertz CT molecular complexity index is 1500. The second-order valence-electron chi connectivity index (χ2n) is 11.4. The number of nitriles is 1. The summed E-state index contributed by atoms with van der Waals surface area (Å²) in [7, 11) is 0. The van der Waals surface area contributed by atoms with Crippen molar-refractivity contribution in [3.05, 3.63) is 77.4 Å². The number of anilines is 1. The maximum atomic E-state index is 14.4. The summed E-state index contributed by atoms with van der Waals surface area (Å²) in [5.74, 6) is -2.25. The van der Waals surface area contributed by atoms with Crippen molar-refractivity contribution in [1.29, 1.82) is 5.26 Å². The Hall–Kier alpha value is -4.59. The van der Waals surface area contributed by atoms with E-state index in [1.54, 1.807) is 57.0 Å². The van der Waals surface area contributed by atoms with Gasteiger partial charge in [-0.05, 0) is 70.9 Å². The van der Waals surface area contributed by atoms with Crippen molar-refractivity contribution >= 4 is 17.7 Å². The number of halogens is 2. The molecule has 1 aliphatic heterocycles. The Morgan fingerprint density at radius 1 is 1.20 bits per heavy atom. The zero-order chi connectivity index (χ0) is 30.1. The van der Waals surface area contributed by atoms with Crippen molar-refractivity contribution in [3.8, 4) is 17.2 Å². The normalized spacial score (nSPS) is 17.6. The van der Waals surface area contributed by atoms with Crippen LogP contribution in [0.1, 0.15) is 68.8 Å². The van der Waals surface area contributed by atoms with Crippen molar-refractivity contribution < 1.29 is 23.5 Å². The van der Waals surface area contributed by atoms with Crippen LogP contribution in [0.2, 0.25) is 0 Å². The van der Waals surface area contributed by atoms with Gasteiger partial charge in [-0.1, -0.05) is 6.07 Å². The van der Waals surface area contributed by atoms with E-state index < -0.39 is 40.8 Å². The molecule has 1 aliphatic rings. The highest BCUT2D eigenvalue weighted by Crippen LogP contribution is 2.42. The minimum absolute atomic E-state index is 0.0356. The van der Waals surface area contributed by atoms with Crippen molar-refractivity contribution in [3.63, 3.8) is 0 Å². The van der Waals surface area contributed by atoms with Gasteiger partial charge in [0.1, 0.15) is 23.4 Å². The second kappa shape index (κ2) is 11.1. The maximum absolute atomic E-state index is 14.4. The largest absolute Gasteiger partial charge is 0.465 e. The number of rotatable bonds is 6. The fourth-order valence-corrected chi connectivity index (χ4v) is 5.68. The number of benzene rings is 1. The molecule has 1 fully saturated rings. The van der Waals surface area contributed by atoms with E-state index in [9.17, 15) is 28.7 Å². The first-order valence-electron chi connectivity index (χ1n) is 13.1. The van der Waals surface area contributed by atoms with Gasteiger partial charge in [-0.3, -0.25) is 14.7 Å². The molecule has 0 bridgehead atoms. The molecule has 2 atom stereocenters. The lowest BCUT2D eigenvalue weighted by Gasteiger charge is -2.45. The molecule has 214 valence electrons. The van der Waals surface area contributed by atoms with Crippen molar-refractivity contribution in [2.24, 2.45) is 0 Å². The molecule has 1 aromatic carbocycles. The number of hydrogen-bond acceptors (Lipinski definition) is 6. The molecule has 2 aromatic heterocycles. The summed E-state index contributed by atoms with van der Waals surface area (Å²) in [5.41, 5.74) is -0.673. The summed E-state index contributed by atoms with van der Waals surface area (Å²) in [6.07, 6.45) is 2.19. The number of carbonyl (C=O) groups is 2. The molecule has 4 rings (SSSR count). The third-order valence-corrected chi connectivity index (χ3v) is 7.20. The van der Waals surface area contributed by atoms with Crippen molar-refractivity contribution in [2.75, 3.05) is 18.0 Å². The second-order valence-corrected chi connectivity index (χ2v) is 11.4. The average molecular weight is 563 g/mol. The molecule has 41 heavy (non-hydrogen) atoms. The quantitative estimate of drug-likeness (QED) is 0.405. The molecule has 2 amide bonds. The number of nitrogens with one attached hydrogen (secondary N) is 1. The molecule has 0 spiro atoms. The molecule has 3 aromatic rings. The molecule has 1 unspecified atom stereocenters. The SMILES string of the molecule is C[C@H](NC(=O)c1cnc(C#N)c(-c2cc(F)cc(F)c2)c1N1CCC(C)(N(C(=O)O)C(C)(C)C)C1)c1ccccn1. The molecular formula is C30H32F2N6O3. The van der Waals surface area contributed by atoms with Crippen LogP contribution in [0.15, 0.2) is 48.8 Å². The summed E-state index contributed by atoms with van der Waals surface area (Å²) in [6, 6.07) is 9.69. The van der Waals surface area contributed by atoms with Gasteiger partial charge in [0.15, 0.2) is 0 Å². The first-order chi connectivity index (χ1) is 19.2. The van der Waals surface area contributed by atoms with Crippen molar-refractivity contribution in [2.45, 2.75) is 58.2 Å². The fourth-order valence-electron chi connectivity index (χ4n) is 5.68. The van der Waals surface area contributed by atoms with Crippen LogP contribution in [0.3, 0.4) is 0 Å². The first-order valence-corrected chi connectivity index (χ1v) is 13.1. The lowest BCUT2D eigenvalue weighted by atomic mass is 9.92. The predicted octanol–water partition coefficient (Wildman–Crippen LogP) is 5.53. The molecule has 2 N–H and O–H groups in total. The van der Waals surface area contributed by atoms with E-state index in [1.807, 2.05) is 13.0 Å². The third-order valence-electron chi connectivity index (χ3n) is 7.20. The number of aromatic nitrogens is 2. The van der Waals surface area contributed by atoms with E-state index in [0.29, 0.717) is 18.7 Å². The first kappa shape index (κ1) is 29.4. The van der Waals surface area contributed by atoms with Crippen LogP contribution < -0.4 is 10.2 Å². The minimum Gasteiger partial charge on any atom is -0.465 e. The number of pyridine rings is 2. The van der Waals surface area contributed by atoms with Gasteiger partial charge in [0.05, 0.1) is 28.5 Å². The van der Waals surface area contributed by atoms with Gasteiger partial charge in [0.2, 0.25) is 0 Å². The number of nitrogens with zero attached hydrogens (tertiary/aromatic N) is 5. The number of hydrogen-bond donors (Lipinski definition) is 2. The van der Waals surface area contributed by atoms with E-state index in [1.165, 1.54) is 11.1 Å². The third kappa shape index (κ3) is 5.96. The summed E-state index contributed by atoms with van der Waals surface area (Å²) >= 11 is 0. The highest BCUT2D eigenvalue weighted by molar-refractivity contribution is 6.04. The Balaban J connectivity index is 1.88. The summed E-state index contributed by atoms with van der Waals surface area (Å²) in [5, 5.41) is 23.0. The zero-order valence-electron chi connectivity index (χ0n) is 23.6. The van der Waals surface area contributed by atoms with Gasteiger partial charge in [0.25, 0.3) is 5.91 Å². The van der Waals surface area contributed by atoms with Gasteiger partial charge in [-0.2, -0.15) is 5.26 Å². The van der Waals surface area contributed by atoms with E-state index in [0.717, 1.165) is 18.2 Å². The van der Waals surface area contributed by atoms with Gasteiger partial charge in [-0.15, -0.1) is 0 Å². The van der Waals surface area contributed by atoms with Gasteiger partial charge >= 0.3 is 6.09 Å². The smallest absolute Gasteiger partial charge is 0.408 e. The molecule has 11 heteroatoms. The van der Waals surface area contributed by atoms with Crippen LogP contribution in [0.4, 0.5) is 19.3 Å². The molecule has 0 aliphatic carbocycles. The average Bonchev–Trinajstić information content (AvgIpc) is 3.27. The lowest BCUT2D eigenvalue weighted by molar-refractivity contribution is 0.0346. The van der Waals surface area contributed by atoms with Gasteiger partial charge in [-0.25, -0.2) is 18.6 Å². The topological polar surface area (TPSA) is 122 Å². The molecule has 3 heterocycles. The van der Waals surface area contributed by atoms with Crippen LogP contribution in [0, 0.1) is 23.0 Å². The van der Waals surface area contributed by atoms with E-state index in [-0.39, 0.29) is 34.6 Å². The predicted molar refractivity (Wildman–Crippen MR) is 149 cm³/mol. The maximum Gasteiger partial charge on any atom is 0.408 e. The summed E-state index contributed by atoms with van der Waals surface area (Å²) in [4.78, 5) is 37.8. The van der Waals surface area contributed by atoms with Gasteiger partial charge < -0.3 is 15.3 Å². The molecular weight excluding hydrogens is 530 g/mol. The van der Waals surface area contributed by atoms with Gasteiger partial charge in [0, 0.05) is 42.7 Å². The van der Waals surface area contributed by atoms with Crippen LogP contribution in [-0.2, 0) is 0 Å². The number of amides is 2. The van der Waals surface area contributed by atoms with Crippen LogP contribution in [0.5, 0.6) is 0 Å². The Kier molecular flexibility index (Phi) is 7.97. The summed E-state index contributed by atoms with van der Waals surface area (Å²) < 4.78 is 28.8. The van der Waals surface area contributed by atoms with Crippen LogP contribution in [-0.4, -0.2) is 56.1 Å². The molecule has 0 radical (unpaired) electrons. The molecule has 0 saturated carbocycles. The summed E-state index contributed by atoms with van der Waals surface area (Å²) in [6.45, 7) is 9.46. The number of carbonyl (C=O) groups excluding carboxylic acids is 1. The monoisotopic (exact) mass is 562 g/mol. The van der Waals surface area contributed by atoms with Crippen molar-refractivity contribution in [1.82, 2.24) is 20.2 Å². The Morgan fingerprint density at radius 3 is 2.44 bits per heavy atom. The highest BCUT2D eigenvalue weighted by atomic mass is 19.1. The standard InChI is InChI=1S/C30H32F2N6O3/c1-18(23-8-6-7-10-34-23)36-27(39)22-16-35-24(15-33)25(19-12-20(31)14-21(32)13-19)26(22)37-11-9-30(5,17-37)38(28(40)41)29(2,3)4/h6-8,10,12-14,16,18H,9,11,17H2,1-5H3,(H,36,39)(H,40,41)/t18-,30?/m0/s1. The van der Waals surface area contributed by atoms with E-state index in [2.05, 4.69) is 15.3 Å². The van der Waals surface area contributed by atoms with E-state index in [4.69, 9.17) is 0 Å². The van der Waals surface area contributed by atoms with E-state index >= 15 is 0 Å². The number of carboxylic acid groups (broad SMARTS) is 1. The zero-order valence-corrected chi connectivity index (χ0v) is 23.6. The Labute approximate surface area is 237 Å². The molecule has 1 saturated heterocycles.